The molecule has 0 saturated heterocycles. The van der Waals surface area contributed by atoms with Gasteiger partial charge in [0, 0.05) is 0 Å². The lowest BCUT2D eigenvalue weighted by Crippen LogP contribution is -2.21. The highest BCUT2D eigenvalue weighted by molar-refractivity contribution is 7.98. The van der Waals surface area contributed by atoms with Crippen molar-refractivity contribution < 1.29 is 26.1 Å². The van der Waals surface area contributed by atoms with Crippen molar-refractivity contribution in [3.05, 3.63) is 60.2 Å². The van der Waals surface area contributed by atoms with E-state index in [1.807, 2.05) is 6.07 Å². The molecule has 2 aromatic rings. The van der Waals surface area contributed by atoms with Crippen LogP contribution in [-0.2, 0) is 26.4 Å². The number of benzene rings is 2. The van der Waals surface area contributed by atoms with Gasteiger partial charge in [-0.2, -0.15) is 13.2 Å². The van der Waals surface area contributed by atoms with Gasteiger partial charge in [0.1, 0.15) is 0 Å². The molecule has 0 heterocycles. The largest absolute Gasteiger partial charge is 0.741 e. The molecule has 27 heavy (non-hydrogen) atoms. The smallest absolute Gasteiger partial charge is 0.485 e. The second-order valence-electron chi connectivity index (χ2n) is 6.49. The van der Waals surface area contributed by atoms with Gasteiger partial charge in [-0.3, -0.25) is 0 Å². The van der Waals surface area contributed by atoms with Crippen LogP contribution in [0.15, 0.2) is 64.4 Å². The van der Waals surface area contributed by atoms with Gasteiger partial charge in [0.05, 0.1) is 10.9 Å². The second kappa shape index (κ2) is 9.32. The van der Waals surface area contributed by atoms with Crippen molar-refractivity contribution in [2.24, 2.45) is 0 Å². The Kier molecular flexibility index (Phi) is 8.22. The molecule has 0 fully saturated rings. The third-order valence-electron chi connectivity index (χ3n) is 3.43. The summed E-state index contributed by atoms with van der Waals surface area (Å²) in [5.74, 6) is 0. The maximum absolute atomic E-state index is 10.7. The zero-order valence-electron chi connectivity index (χ0n) is 15.0. The van der Waals surface area contributed by atoms with Crippen LogP contribution < -0.4 is 0 Å². The lowest BCUT2D eigenvalue weighted by molar-refractivity contribution is -0.0517. The Labute approximate surface area is 165 Å². The first kappa shape index (κ1) is 23.8. The van der Waals surface area contributed by atoms with E-state index in [2.05, 4.69) is 69.3 Å². The number of halogens is 4. The average Bonchev–Trinajstić information content (AvgIpc) is 2.55. The summed E-state index contributed by atoms with van der Waals surface area (Å²) >= 11 is 6.18. The maximum Gasteiger partial charge on any atom is 0.485 e. The molecule has 0 aromatic heterocycles. The maximum atomic E-state index is 10.7. The van der Waals surface area contributed by atoms with Gasteiger partial charge < -0.3 is 4.55 Å². The van der Waals surface area contributed by atoms with Crippen LogP contribution in [0.2, 0.25) is 0 Å². The summed E-state index contributed by atoms with van der Waals surface area (Å²) in [5.41, 5.74) is -4.08. The van der Waals surface area contributed by atoms with Gasteiger partial charge in [0.25, 0.3) is 0 Å². The van der Waals surface area contributed by atoms with Crippen LogP contribution in [0, 0.1) is 0 Å². The van der Waals surface area contributed by atoms with Gasteiger partial charge in [0.2, 0.25) is 0 Å². The Hall–Kier alpha value is -1.22. The monoisotopic (exact) mass is 440 g/mol. The van der Waals surface area contributed by atoms with E-state index in [1.165, 1.54) is 15.4 Å². The summed E-state index contributed by atoms with van der Waals surface area (Å²) in [7, 11) is -6.12. The zero-order valence-corrected chi connectivity index (χ0v) is 17.3. The predicted octanol–water partition coefficient (Wildman–Crippen LogP) is 5.27. The first-order valence-electron chi connectivity index (χ1n) is 7.72. The third kappa shape index (κ3) is 7.37. The summed E-state index contributed by atoms with van der Waals surface area (Å²) in [4.78, 5) is 2.62. The van der Waals surface area contributed by atoms with Gasteiger partial charge in [-0.1, -0.05) is 62.7 Å². The van der Waals surface area contributed by atoms with Gasteiger partial charge in [-0.15, -0.1) is 0 Å². The van der Waals surface area contributed by atoms with E-state index in [0.717, 1.165) is 0 Å². The minimum absolute atomic E-state index is 0.0278. The molecule has 0 bridgehead atoms. The van der Waals surface area contributed by atoms with Crippen LogP contribution in [0.4, 0.5) is 13.2 Å². The Morgan fingerprint density at radius 2 is 1.33 bits per heavy atom. The highest BCUT2D eigenvalue weighted by Crippen LogP contribution is 2.28. The third-order valence-corrected chi connectivity index (χ3v) is 6.55. The van der Waals surface area contributed by atoms with Crippen molar-refractivity contribution >= 4 is 32.6 Å². The molecule has 0 aliphatic rings. The van der Waals surface area contributed by atoms with E-state index in [4.69, 9.17) is 24.6 Å². The molecule has 0 radical (unpaired) electrons. The van der Waals surface area contributed by atoms with Crippen molar-refractivity contribution in [3.63, 3.8) is 0 Å². The molecule has 150 valence electrons. The number of rotatable bonds is 3. The van der Waals surface area contributed by atoms with Crippen molar-refractivity contribution in [3.8, 4) is 0 Å². The molecule has 9 heteroatoms. The Morgan fingerprint density at radius 3 is 1.67 bits per heavy atom. The summed E-state index contributed by atoms with van der Waals surface area (Å²) in [6.45, 7) is 6.71. The van der Waals surface area contributed by atoms with Gasteiger partial charge in [-0.25, -0.2) is 8.42 Å². The molecule has 2 aromatic carbocycles. The van der Waals surface area contributed by atoms with Crippen molar-refractivity contribution in [2.75, 3.05) is 5.21 Å². The van der Waals surface area contributed by atoms with E-state index < -0.39 is 15.6 Å². The Balaban J connectivity index is 0.000000387. The Bertz CT molecular complexity index is 816. The number of hydrogen-bond donors (Lipinski definition) is 0. The second-order valence-corrected chi connectivity index (χ2v) is 10.5. The molecular weight excluding hydrogens is 421 g/mol. The van der Waals surface area contributed by atoms with Crippen LogP contribution >= 0.6 is 11.6 Å². The molecule has 2 rings (SSSR count). The van der Waals surface area contributed by atoms with Crippen molar-refractivity contribution in [1.29, 1.82) is 0 Å². The summed E-state index contributed by atoms with van der Waals surface area (Å²) in [6.07, 6.45) is 0. The van der Waals surface area contributed by atoms with Crippen LogP contribution in [-0.4, -0.2) is 23.7 Å². The summed E-state index contributed by atoms with van der Waals surface area (Å²) in [5, 5.41) is 0.638. The zero-order chi connectivity index (χ0) is 20.9. The van der Waals surface area contributed by atoms with Crippen molar-refractivity contribution in [1.82, 2.24) is 0 Å². The molecule has 0 aliphatic carbocycles. The standard InChI is InChI=1S/C17H20ClS.CHF3O3S/c1-17(2,3)14-9-11-16(12-10-14)19(13-18)15-7-5-4-6-8-15;2-1(3,4)8(5,6)7/h4-12H,13H2,1-3H3;(H,5,6,7)/q+1;/p-1. The van der Waals surface area contributed by atoms with E-state index in [-0.39, 0.29) is 16.3 Å². The van der Waals surface area contributed by atoms with Gasteiger partial charge in [-0.05, 0) is 35.2 Å². The first-order chi connectivity index (χ1) is 12.3. The molecule has 0 aliphatic heterocycles. The highest BCUT2D eigenvalue weighted by Gasteiger charge is 2.36. The van der Waals surface area contributed by atoms with Crippen LogP contribution in [0.5, 0.6) is 0 Å². The fourth-order valence-corrected chi connectivity index (χ4v) is 4.20. The molecule has 0 spiro atoms. The number of alkyl halides is 4. The molecule has 3 nitrogen and oxygen atoms in total. The van der Waals surface area contributed by atoms with Crippen LogP contribution in [0.25, 0.3) is 0 Å². The topological polar surface area (TPSA) is 57.2 Å². The summed E-state index contributed by atoms with van der Waals surface area (Å²) < 4.78 is 58.9. The average molecular weight is 441 g/mol. The minimum Gasteiger partial charge on any atom is -0.741 e. The molecule has 0 saturated carbocycles. The minimum atomic E-state index is -6.09. The molecule has 1 unspecified atom stereocenters. The van der Waals surface area contributed by atoms with E-state index >= 15 is 0 Å². The van der Waals surface area contributed by atoms with Crippen molar-refractivity contribution in [2.45, 2.75) is 41.5 Å². The van der Waals surface area contributed by atoms with Gasteiger partial charge in [0.15, 0.2) is 25.1 Å². The normalized spacial score (nSPS) is 13.5. The van der Waals surface area contributed by atoms with E-state index in [1.54, 1.807) is 0 Å². The van der Waals surface area contributed by atoms with Gasteiger partial charge >= 0.3 is 5.51 Å². The lowest BCUT2D eigenvalue weighted by Gasteiger charge is -2.18. The van der Waals surface area contributed by atoms with E-state index in [9.17, 15) is 13.2 Å². The molecular formula is C18H20ClF3O3S2. The predicted molar refractivity (Wildman–Crippen MR) is 102 cm³/mol. The van der Waals surface area contributed by atoms with E-state index in [0.29, 0.717) is 5.21 Å². The first-order valence-corrected chi connectivity index (χ1v) is 11.1. The van der Waals surface area contributed by atoms with Crippen LogP contribution in [0.1, 0.15) is 26.3 Å². The van der Waals surface area contributed by atoms with Crippen LogP contribution in [0.3, 0.4) is 0 Å². The lowest BCUT2D eigenvalue weighted by atomic mass is 9.87. The fourth-order valence-electron chi connectivity index (χ4n) is 1.97. The fraction of sp³-hybridized carbons (Fsp3) is 0.333. The molecule has 0 N–H and O–H groups in total. The molecule has 1 atom stereocenters. The Morgan fingerprint density at radius 1 is 0.926 bits per heavy atom. The summed E-state index contributed by atoms with van der Waals surface area (Å²) in [6, 6.07) is 19.4. The molecule has 0 amide bonds. The SMILES string of the molecule is CC(C)(C)c1ccc([S+](CCl)c2ccccc2)cc1.O=S(=O)([O-])C(F)(F)F. The highest BCUT2D eigenvalue weighted by atomic mass is 35.5. The number of hydrogen-bond acceptors (Lipinski definition) is 3. The quantitative estimate of drug-likeness (QED) is 0.283.